The Kier molecular flexibility index (Phi) is 9.35. The molecule has 6 heteroatoms. The van der Waals surface area contributed by atoms with Gasteiger partial charge in [0.1, 0.15) is 0 Å². The molecule has 2 aromatic rings. The zero-order chi connectivity index (χ0) is 22.6. The molecular formula is C27H32Cl2F2SiZr. The maximum atomic E-state index is 15.5. The summed E-state index contributed by atoms with van der Waals surface area (Å²) in [7, 11) is 0. The minimum atomic E-state index is -2.35. The van der Waals surface area contributed by atoms with Crippen LogP contribution in [0.1, 0.15) is 54.9 Å². The quantitative estimate of drug-likeness (QED) is 0.316. The molecule has 0 radical (unpaired) electrons. The number of benzene rings is 2. The molecule has 2 aliphatic rings. The molecule has 176 valence electrons. The van der Waals surface area contributed by atoms with Gasteiger partial charge in [-0.25, -0.2) is 0 Å². The van der Waals surface area contributed by atoms with Crippen LogP contribution in [0.5, 0.6) is 0 Å². The summed E-state index contributed by atoms with van der Waals surface area (Å²) in [6, 6.07) is 12.8. The topological polar surface area (TPSA) is 0 Å². The van der Waals surface area contributed by atoms with Crippen LogP contribution in [0.2, 0.25) is 13.1 Å². The number of halogens is 4. The maximum absolute atomic E-state index is 15.5. The van der Waals surface area contributed by atoms with Crippen LogP contribution in [0.4, 0.5) is 8.78 Å². The normalized spacial score (nSPS) is 19.4. The van der Waals surface area contributed by atoms with E-state index in [1.54, 1.807) is 9.35 Å². The van der Waals surface area contributed by atoms with E-state index in [1.165, 1.54) is 22.3 Å². The Hall–Kier alpha value is -0.800. The van der Waals surface area contributed by atoms with Gasteiger partial charge >= 0.3 is 194 Å². The van der Waals surface area contributed by atoms with Crippen LogP contribution in [-0.2, 0) is 20.4 Å². The van der Waals surface area contributed by atoms with Gasteiger partial charge in [-0.3, -0.25) is 0 Å². The van der Waals surface area contributed by atoms with E-state index in [9.17, 15) is 4.39 Å². The second-order valence-corrected chi connectivity index (χ2v) is 26.5. The van der Waals surface area contributed by atoms with E-state index in [-0.39, 0.29) is 34.3 Å². The van der Waals surface area contributed by atoms with E-state index < -0.39 is 31.6 Å². The molecule has 0 spiro atoms. The standard InChI is InChI=1S/C16H11F2.C9H13.C2H6Si.2ClH.Zr/c1-10-7-13-14(8-12(17)9-15(13)18)16(10)11-5-3-2-4-6-11;1-6-5-7(2)9(4)8(6)3;1-3-2;;;/h2-9H,1H3;6H,1-4H3;1-2H3;2*1H;. The Labute approximate surface area is 217 Å². The fourth-order valence-corrected chi connectivity index (χ4v) is 26.1. The molecule has 0 fully saturated rings. The zero-order valence-corrected chi connectivity index (χ0v) is 25.4. The van der Waals surface area contributed by atoms with Crippen molar-refractivity contribution in [1.82, 2.24) is 0 Å². The summed E-state index contributed by atoms with van der Waals surface area (Å²) in [4.78, 5) is 0. The van der Waals surface area contributed by atoms with Crippen molar-refractivity contribution in [2.24, 2.45) is 5.92 Å². The SMILES string of the molecule is CC1=C(C)C(C)[C]([Zr]([CH]2C(C)=C(c3ccccc3)c3cc(F)cc(F)c32)=[Si](C)C)=C1C.Cl.Cl. The molecule has 33 heavy (non-hydrogen) atoms. The fraction of sp³-hybridized carbons (Fsp3) is 0.333. The summed E-state index contributed by atoms with van der Waals surface area (Å²) in [6.07, 6.45) is 0. The molecule has 0 nitrogen and oxygen atoms in total. The van der Waals surface area contributed by atoms with Crippen LogP contribution >= 0.6 is 24.8 Å². The summed E-state index contributed by atoms with van der Waals surface area (Å²) in [6.45, 7) is 16.1. The largest absolute Gasteiger partial charge is 0.147 e. The molecule has 2 aliphatic carbocycles. The van der Waals surface area contributed by atoms with E-state index in [2.05, 4.69) is 59.8 Å². The van der Waals surface area contributed by atoms with Gasteiger partial charge in [0.15, 0.2) is 0 Å². The number of hydrogen-bond acceptors (Lipinski definition) is 0. The Morgan fingerprint density at radius 3 is 1.97 bits per heavy atom. The molecule has 0 N–H and O–H groups in total. The van der Waals surface area contributed by atoms with Crippen molar-refractivity contribution in [1.29, 1.82) is 0 Å². The van der Waals surface area contributed by atoms with Crippen molar-refractivity contribution in [2.45, 2.75) is 51.3 Å². The Morgan fingerprint density at radius 1 is 0.848 bits per heavy atom. The second kappa shape index (κ2) is 10.9. The fourth-order valence-electron chi connectivity index (χ4n) is 5.52. The van der Waals surface area contributed by atoms with Gasteiger partial charge in [0, 0.05) is 0 Å². The molecule has 2 atom stereocenters. The Morgan fingerprint density at radius 2 is 1.45 bits per heavy atom. The summed E-state index contributed by atoms with van der Waals surface area (Å²) >= 11 is -2.35. The Bertz CT molecular complexity index is 1220. The smallest absolute Gasteiger partial charge is 0.147 e. The average Bonchev–Trinajstić information content (AvgIpc) is 3.10. The number of rotatable bonds is 3. The van der Waals surface area contributed by atoms with Crippen LogP contribution in [0.25, 0.3) is 5.57 Å². The van der Waals surface area contributed by atoms with Crippen molar-refractivity contribution in [3.63, 3.8) is 0 Å². The van der Waals surface area contributed by atoms with Crippen molar-refractivity contribution in [3.8, 4) is 0 Å². The molecule has 2 unspecified atom stereocenters. The first kappa shape index (κ1) is 28.4. The molecule has 0 saturated heterocycles. The van der Waals surface area contributed by atoms with E-state index in [4.69, 9.17) is 0 Å². The molecule has 0 saturated carbocycles. The first-order valence-electron chi connectivity index (χ1n) is 11.0. The first-order valence-corrected chi connectivity index (χ1v) is 19.8. The minimum Gasteiger partial charge on any atom is -0.147 e. The van der Waals surface area contributed by atoms with Crippen molar-refractivity contribution < 1.29 is 29.1 Å². The molecule has 0 heterocycles. The summed E-state index contributed by atoms with van der Waals surface area (Å²) < 4.78 is 31.7. The molecule has 0 bridgehead atoms. The minimum absolute atomic E-state index is 0. The van der Waals surface area contributed by atoms with Gasteiger partial charge in [-0.2, -0.15) is 0 Å². The molecule has 0 aromatic heterocycles. The molecule has 0 aliphatic heterocycles. The Balaban J connectivity index is 0.00000193. The van der Waals surface area contributed by atoms with Crippen LogP contribution in [0, 0.1) is 17.6 Å². The van der Waals surface area contributed by atoms with E-state index in [1.807, 2.05) is 18.2 Å². The van der Waals surface area contributed by atoms with Crippen LogP contribution in [0.3, 0.4) is 0 Å². The molecule has 4 rings (SSSR count). The summed E-state index contributed by atoms with van der Waals surface area (Å²) in [5, 5.41) is 0. The second-order valence-electron chi connectivity index (χ2n) is 9.19. The van der Waals surface area contributed by atoms with Gasteiger partial charge in [-0.1, -0.05) is 0 Å². The van der Waals surface area contributed by atoms with Crippen LogP contribution in [-0.4, -0.2) is 5.43 Å². The van der Waals surface area contributed by atoms with Gasteiger partial charge in [0.05, 0.1) is 0 Å². The van der Waals surface area contributed by atoms with Crippen molar-refractivity contribution in [3.05, 3.63) is 96.4 Å². The van der Waals surface area contributed by atoms with E-state index in [0.717, 1.165) is 28.3 Å². The van der Waals surface area contributed by atoms with Crippen molar-refractivity contribution >= 4 is 35.8 Å². The maximum Gasteiger partial charge on any atom is -0.147 e. The zero-order valence-electron chi connectivity index (χ0n) is 20.3. The number of hydrogen-bond donors (Lipinski definition) is 0. The molecule has 0 amide bonds. The van der Waals surface area contributed by atoms with Gasteiger partial charge in [0.2, 0.25) is 0 Å². The first-order chi connectivity index (χ1) is 14.6. The third-order valence-corrected chi connectivity index (χ3v) is 26.2. The van der Waals surface area contributed by atoms with Gasteiger partial charge in [-0.05, 0) is 0 Å². The third kappa shape index (κ3) is 4.70. The monoisotopic (exact) mass is 582 g/mol. The van der Waals surface area contributed by atoms with E-state index in [0.29, 0.717) is 5.92 Å². The molecular weight excluding hydrogens is 553 g/mol. The van der Waals surface area contributed by atoms with Crippen molar-refractivity contribution in [2.75, 3.05) is 0 Å². The summed E-state index contributed by atoms with van der Waals surface area (Å²) in [5.41, 5.74) is 8.62. The van der Waals surface area contributed by atoms with Gasteiger partial charge in [0.25, 0.3) is 0 Å². The summed E-state index contributed by atoms with van der Waals surface area (Å²) in [5.74, 6) is -0.397. The predicted octanol–water partition coefficient (Wildman–Crippen LogP) is 8.81. The van der Waals surface area contributed by atoms with Crippen LogP contribution in [0.15, 0.2) is 68.0 Å². The third-order valence-electron chi connectivity index (χ3n) is 7.30. The van der Waals surface area contributed by atoms with E-state index >= 15 is 4.39 Å². The molecule has 2 aromatic carbocycles. The van der Waals surface area contributed by atoms with Gasteiger partial charge < -0.3 is 0 Å². The average molecular weight is 585 g/mol. The predicted molar refractivity (Wildman–Crippen MR) is 139 cm³/mol. The van der Waals surface area contributed by atoms with Crippen LogP contribution < -0.4 is 0 Å². The number of fused-ring (bicyclic) bond motifs is 1. The number of allylic oxidation sites excluding steroid dienone is 5. The van der Waals surface area contributed by atoms with Gasteiger partial charge in [-0.15, -0.1) is 24.8 Å².